The summed E-state index contributed by atoms with van der Waals surface area (Å²) in [6.07, 6.45) is 1.80. The molecule has 0 fully saturated rings. The molecule has 0 radical (unpaired) electrons. The number of aliphatic hydroxyl groups excluding tert-OH is 1. The van der Waals surface area contributed by atoms with Crippen molar-refractivity contribution in [2.75, 3.05) is 13.2 Å². The molecule has 0 aromatic heterocycles. The number of carbonyl (C=O) groups is 1. The number of benzene rings is 1. The Morgan fingerprint density at radius 1 is 1.19 bits per heavy atom. The van der Waals surface area contributed by atoms with Gasteiger partial charge in [0, 0.05) is 18.2 Å². The second kappa shape index (κ2) is 7.95. The molecule has 9 heteroatoms. The van der Waals surface area contributed by atoms with Gasteiger partial charge in [-0.2, -0.15) is 0 Å². The number of hydrogen-bond acceptors (Lipinski definition) is 4. The minimum atomic E-state index is -3.95. The third-order valence-corrected chi connectivity index (χ3v) is 4.87. The number of unbranched alkanes of at least 4 members (excludes halogenated alkanes) is 2. The predicted octanol–water partition coefficient (Wildman–Crippen LogP) is 2.13. The van der Waals surface area contributed by atoms with E-state index >= 15 is 0 Å². The molecule has 0 saturated heterocycles. The van der Waals surface area contributed by atoms with Gasteiger partial charge in [0.15, 0.2) is 0 Å². The van der Waals surface area contributed by atoms with Gasteiger partial charge in [0.1, 0.15) is 4.90 Å². The largest absolute Gasteiger partial charge is 0.478 e. The van der Waals surface area contributed by atoms with Crippen molar-refractivity contribution in [3.63, 3.8) is 0 Å². The minimum Gasteiger partial charge on any atom is -0.478 e. The Morgan fingerprint density at radius 2 is 1.86 bits per heavy atom. The summed E-state index contributed by atoms with van der Waals surface area (Å²) < 4.78 is 26.6. The van der Waals surface area contributed by atoms with Crippen LogP contribution >= 0.6 is 23.2 Å². The highest BCUT2D eigenvalue weighted by molar-refractivity contribution is 7.89. The van der Waals surface area contributed by atoms with E-state index in [0.29, 0.717) is 19.3 Å². The van der Waals surface area contributed by atoms with Gasteiger partial charge in [-0.3, -0.25) is 0 Å². The third kappa shape index (κ3) is 5.12. The van der Waals surface area contributed by atoms with Crippen LogP contribution in [0.4, 0.5) is 0 Å². The molecular formula is C12H15Cl2NO5S. The van der Waals surface area contributed by atoms with Crippen LogP contribution in [0.3, 0.4) is 0 Å². The summed E-state index contributed by atoms with van der Waals surface area (Å²) in [6.45, 7) is 0.211. The zero-order chi connectivity index (χ0) is 16.0. The second-order valence-corrected chi connectivity index (χ2v) is 6.80. The lowest BCUT2D eigenvalue weighted by atomic mass is 10.2. The van der Waals surface area contributed by atoms with E-state index in [-0.39, 0.29) is 33.7 Å². The molecule has 0 saturated carbocycles. The van der Waals surface area contributed by atoms with Gasteiger partial charge < -0.3 is 10.2 Å². The quantitative estimate of drug-likeness (QED) is 0.619. The molecular weight excluding hydrogens is 341 g/mol. The molecule has 0 unspecified atom stereocenters. The van der Waals surface area contributed by atoms with Gasteiger partial charge in [-0.15, -0.1) is 0 Å². The van der Waals surface area contributed by atoms with Crippen molar-refractivity contribution in [1.82, 2.24) is 4.72 Å². The topological polar surface area (TPSA) is 104 Å². The van der Waals surface area contributed by atoms with Crippen LogP contribution in [0.1, 0.15) is 29.6 Å². The Balaban J connectivity index is 2.95. The van der Waals surface area contributed by atoms with E-state index in [1.807, 2.05) is 0 Å². The van der Waals surface area contributed by atoms with E-state index in [9.17, 15) is 13.2 Å². The van der Waals surface area contributed by atoms with Gasteiger partial charge in [0.25, 0.3) is 0 Å². The van der Waals surface area contributed by atoms with Crippen LogP contribution in [0.25, 0.3) is 0 Å². The summed E-state index contributed by atoms with van der Waals surface area (Å²) in [5.41, 5.74) is -0.371. The SMILES string of the molecule is O=C(O)c1cc(Cl)cc(S(=O)(=O)NCCCCCO)c1Cl. The van der Waals surface area contributed by atoms with Crippen LogP contribution < -0.4 is 4.72 Å². The lowest BCUT2D eigenvalue weighted by Crippen LogP contribution is -2.25. The van der Waals surface area contributed by atoms with Crippen LogP contribution in [0, 0.1) is 0 Å². The molecule has 0 amide bonds. The molecule has 0 bridgehead atoms. The lowest BCUT2D eigenvalue weighted by molar-refractivity contribution is 0.0697. The summed E-state index contributed by atoms with van der Waals surface area (Å²) in [5.74, 6) is -1.36. The van der Waals surface area contributed by atoms with Crippen molar-refractivity contribution < 1.29 is 23.4 Å². The van der Waals surface area contributed by atoms with Gasteiger partial charge in [-0.25, -0.2) is 17.9 Å². The van der Waals surface area contributed by atoms with Crippen molar-refractivity contribution in [2.24, 2.45) is 0 Å². The van der Waals surface area contributed by atoms with Gasteiger partial charge in [0.05, 0.1) is 10.6 Å². The molecule has 21 heavy (non-hydrogen) atoms. The van der Waals surface area contributed by atoms with Crippen LogP contribution in [-0.4, -0.2) is 37.8 Å². The summed E-state index contributed by atoms with van der Waals surface area (Å²) in [7, 11) is -3.95. The fraction of sp³-hybridized carbons (Fsp3) is 0.417. The molecule has 1 rings (SSSR count). The number of nitrogens with one attached hydrogen (secondary N) is 1. The van der Waals surface area contributed by atoms with Crippen LogP contribution in [0.15, 0.2) is 17.0 Å². The van der Waals surface area contributed by atoms with E-state index in [1.54, 1.807) is 0 Å². The summed E-state index contributed by atoms with van der Waals surface area (Å²) >= 11 is 11.6. The summed E-state index contributed by atoms with van der Waals surface area (Å²) in [4.78, 5) is 10.6. The number of sulfonamides is 1. The number of carboxylic acids is 1. The number of aliphatic hydroxyl groups is 1. The summed E-state index contributed by atoms with van der Waals surface area (Å²) in [6, 6.07) is 2.19. The Kier molecular flexibility index (Phi) is 6.89. The molecule has 118 valence electrons. The first-order valence-electron chi connectivity index (χ1n) is 6.12. The number of aromatic carboxylic acids is 1. The zero-order valence-corrected chi connectivity index (χ0v) is 13.3. The number of hydrogen-bond donors (Lipinski definition) is 3. The normalized spacial score (nSPS) is 11.6. The van der Waals surface area contributed by atoms with Gasteiger partial charge in [-0.1, -0.05) is 23.2 Å². The highest BCUT2D eigenvalue weighted by Gasteiger charge is 2.23. The molecule has 0 spiro atoms. The van der Waals surface area contributed by atoms with Crippen LogP contribution in [0.5, 0.6) is 0 Å². The van der Waals surface area contributed by atoms with Crippen molar-refractivity contribution >= 4 is 39.2 Å². The number of halogens is 2. The predicted molar refractivity (Wildman–Crippen MR) is 79.5 cm³/mol. The van der Waals surface area contributed by atoms with Gasteiger partial charge in [0.2, 0.25) is 10.0 Å². The molecule has 6 nitrogen and oxygen atoms in total. The van der Waals surface area contributed by atoms with Crippen molar-refractivity contribution in [3.8, 4) is 0 Å². The molecule has 3 N–H and O–H groups in total. The minimum absolute atomic E-state index is 0.0301. The first-order chi connectivity index (χ1) is 9.79. The molecule has 0 aliphatic rings. The first-order valence-corrected chi connectivity index (χ1v) is 8.36. The molecule has 1 aromatic carbocycles. The molecule has 0 heterocycles. The highest BCUT2D eigenvalue weighted by atomic mass is 35.5. The third-order valence-electron chi connectivity index (χ3n) is 2.65. The van der Waals surface area contributed by atoms with Gasteiger partial charge in [-0.05, 0) is 31.4 Å². The Hall–Kier alpha value is -0.860. The molecule has 0 atom stereocenters. The van der Waals surface area contributed by atoms with Crippen LogP contribution in [0.2, 0.25) is 10.0 Å². The maximum Gasteiger partial charge on any atom is 0.337 e. The Morgan fingerprint density at radius 3 is 2.43 bits per heavy atom. The Labute approximate surface area is 132 Å². The number of rotatable bonds is 8. The van der Waals surface area contributed by atoms with E-state index < -0.39 is 16.0 Å². The molecule has 1 aromatic rings. The van der Waals surface area contributed by atoms with Crippen molar-refractivity contribution in [3.05, 3.63) is 27.7 Å². The van der Waals surface area contributed by atoms with E-state index in [0.717, 1.165) is 12.1 Å². The first kappa shape index (κ1) is 18.2. The molecule has 0 aliphatic heterocycles. The second-order valence-electron chi connectivity index (χ2n) is 4.25. The van der Waals surface area contributed by atoms with Crippen molar-refractivity contribution in [2.45, 2.75) is 24.2 Å². The Bertz CT molecular complexity index is 618. The molecule has 0 aliphatic carbocycles. The van der Waals surface area contributed by atoms with E-state index in [2.05, 4.69) is 4.72 Å². The monoisotopic (exact) mass is 355 g/mol. The average molecular weight is 356 g/mol. The lowest BCUT2D eigenvalue weighted by Gasteiger charge is -2.10. The van der Waals surface area contributed by atoms with Gasteiger partial charge >= 0.3 is 5.97 Å². The average Bonchev–Trinajstić information content (AvgIpc) is 2.40. The highest BCUT2D eigenvalue weighted by Crippen LogP contribution is 2.29. The van der Waals surface area contributed by atoms with Crippen LogP contribution in [-0.2, 0) is 10.0 Å². The van der Waals surface area contributed by atoms with Crippen molar-refractivity contribution in [1.29, 1.82) is 0 Å². The summed E-state index contributed by atoms with van der Waals surface area (Å²) in [5, 5.41) is 17.2. The number of carboxylic acid groups (broad SMARTS) is 1. The smallest absolute Gasteiger partial charge is 0.337 e. The fourth-order valence-corrected chi connectivity index (χ4v) is 3.59. The van der Waals surface area contributed by atoms with E-state index in [4.69, 9.17) is 33.4 Å². The maximum absolute atomic E-state index is 12.1. The zero-order valence-electron chi connectivity index (χ0n) is 11.0. The fourth-order valence-electron chi connectivity index (χ4n) is 1.61. The standard InChI is InChI=1S/C12H15Cl2NO5S/c13-8-6-9(12(17)18)11(14)10(7-8)21(19,20)15-4-2-1-3-5-16/h6-7,15-16H,1-5H2,(H,17,18). The van der Waals surface area contributed by atoms with E-state index in [1.165, 1.54) is 0 Å². The maximum atomic E-state index is 12.1.